The number of anilines is 1. The lowest BCUT2D eigenvalue weighted by Crippen LogP contribution is -2.53. The van der Waals surface area contributed by atoms with Gasteiger partial charge in [-0.3, -0.25) is 13.9 Å². The number of sulfonamides is 1. The van der Waals surface area contributed by atoms with Crippen LogP contribution < -0.4 is 9.62 Å². The number of hydrogen-bond donors (Lipinski definition) is 1. The fraction of sp³-hybridized carbons (Fsp3) is 0.278. The van der Waals surface area contributed by atoms with Crippen LogP contribution in [0.2, 0.25) is 10.0 Å². The minimum Gasteiger partial charge on any atom is -0.354 e. The van der Waals surface area contributed by atoms with E-state index < -0.39 is 28.5 Å². The zero-order valence-corrected chi connectivity index (χ0v) is 28.6. The minimum atomic E-state index is -4.24. The Balaban J connectivity index is 1.82. The molecular formula is C36H39Cl2N3O4S. The number of halogens is 2. The van der Waals surface area contributed by atoms with Crippen LogP contribution in [0, 0.1) is 13.8 Å². The van der Waals surface area contributed by atoms with Gasteiger partial charge in [-0.2, -0.15) is 0 Å². The second-order valence-electron chi connectivity index (χ2n) is 11.2. The van der Waals surface area contributed by atoms with Gasteiger partial charge in [0.15, 0.2) is 0 Å². The molecule has 0 fully saturated rings. The van der Waals surface area contributed by atoms with Gasteiger partial charge in [0.05, 0.1) is 10.6 Å². The fourth-order valence-corrected chi connectivity index (χ4v) is 6.96. The Kier molecular flexibility index (Phi) is 12.3. The van der Waals surface area contributed by atoms with Crippen molar-refractivity contribution in [1.29, 1.82) is 0 Å². The molecule has 0 aromatic heterocycles. The van der Waals surface area contributed by atoms with Gasteiger partial charge in [-0.05, 0) is 73.4 Å². The Labute approximate surface area is 282 Å². The molecule has 0 aliphatic carbocycles. The summed E-state index contributed by atoms with van der Waals surface area (Å²) in [6, 6.07) is 27.0. The Morgan fingerprint density at radius 2 is 1.52 bits per heavy atom. The maximum Gasteiger partial charge on any atom is 0.264 e. The lowest BCUT2D eigenvalue weighted by molar-refractivity contribution is -0.140. The quantitative estimate of drug-likeness (QED) is 0.141. The van der Waals surface area contributed by atoms with Crippen molar-refractivity contribution in [3.05, 3.63) is 129 Å². The van der Waals surface area contributed by atoms with Crippen LogP contribution in [0.4, 0.5) is 5.69 Å². The molecule has 10 heteroatoms. The van der Waals surface area contributed by atoms with Gasteiger partial charge in [-0.15, -0.1) is 0 Å². The number of nitrogens with one attached hydrogen (secondary N) is 1. The Morgan fingerprint density at radius 1 is 0.848 bits per heavy atom. The Hall–Kier alpha value is -3.85. The summed E-state index contributed by atoms with van der Waals surface area (Å²) in [5, 5.41) is 3.84. The zero-order valence-electron chi connectivity index (χ0n) is 26.2. The molecule has 0 heterocycles. The van der Waals surface area contributed by atoms with Crippen LogP contribution >= 0.6 is 23.2 Å². The SMILES string of the molecule is CCCCNC(=O)C(Cc1ccccc1)N(Cc1cccc(Cl)c1)C(=O)CN(c1cccc(Cl)c1C)S(=O)(=O)c1ccc(C)cc1. The van der Waals surface area contributed by atoms with Crippen molar-refractivity contribution in [3.8, 4) is 0 Å². The van der Waals surface area contributed by atoms with Crippen LogP contribution in [0.25, 0.3) is 0 Å². The number of unbranched alkanes of at least 4 members (excludes halogenated alkanes) is 1. The van der Waals surface area contributed by atoms with Gasteiger partial charge < -0.3 is 10.2 Å². The third-order valence-electron chi connectivity index (χ3n) is 7.74. The van der Waals surface area contributed by atoms with Crippen molar-refractivity contribution >= 4 is 50.7 Å². The highest BCUT2D eigenvalue weighted by atomic mass is 35.5. The van der Waals surface area contributed by atoms with E-state index in [9.17, 15) is 18.0 Å². The van der Waals surface area contributed by atoms with Crippen LogP contribution in [0.15, 0.2) is 102 Å². The summed E-state index contributed by atoms with van der Waals surface area (Å²) in [5.74, 6) is -0.874. The topological polar surface area (TPSA) is 86.8 Å². The number of carbonyl (C=O) groups excluding carboxylic acids is 2. The number of benzene rings is 4. The molecule has 0 aliphatic rings. The molecule has 0 bridgehead atoms. The van der Waals surface area contributed by atoms with Gasteiger partial charge in [0.2, 0.25) is 11.8 Å². The summed E-state index contributed by atoms with van der Waals surface area (Å²) in [4.78, 5) is 29.9. The number of aryl methyl sites for hydroxylation is 1. The first-order chi connectivity index (χ1) is 22.0. The van der Waals surface area contributed by atoms with E-state index in [2.05, 4.69) is 5.32 Å². The third-order valence-corrected chi connectivity index (χ3v) is 10.2. The maximum absolute atomic E-state index is 14.6. The van der Waals surface area contributed by atoms with Crippen LogP contribution in [-0.4, -0.2) is 44.3 Å². The first-order valence-electron chi connectivity index (χ1n) is 15.2. The monoisotopic (exact) mass is 679 g/mol. The second-order valence-corrected chi connectivity index (χ2v) is 13.9. The van der Waals surface area contributed by atoms with E-state index in [1.807, 2.05) is 50.2 Å². The average molecular weight is 681 g/mol. The van der Waals surface area contributed by atoms with Crippen LogP contribution in [0.1, 0.15) is 42.0 Å². The summed E-state index contributed by atoms with van der Waals surface area (Å²) in [6.45, 7) is 5.53. The summed E-state index contributed by atoms with van der Waals surface area (Å²) in [7, 11) is -4.24. The van der Waals surface area contributed by atoms with E-state index in [0.717, 1.165) is 28.3 Å². The minimum absolute atomic E-state index is 0.0322. The van der Waals surface area contributed by atoms with E-state index in [-0.39, 0.29) is 29.5 Å². The summed E-state index contributed by atoms with van der Waals surface area (Å²) >= 11 is 12.8. The summed E-state index contributed by atoms with van der Waals surface area (Å²) < 4.78 is 29.6. The molecule has 0 saturated carbocycles. The van der Waals surface area contributed by atoms with Crippen molar-refractivity contribution in [2.75, 3.05) is 17.4 Å². The first-order valence-corrected chi connectivity index (χ1v) is 17.4. The number of nitrogens with zero attached hydrogens (tertiary/aromatic N) is 2. The predicted octanol–water partition coefficient (Wildman–Crippen LogP) is 7.36. The molecular weight excluding hydrogens is 641 g/mol. The smallest absolute Gasteiger partial charge is 0.264 e. The lowest BCUT2D eigenvalue weighted by Gasteiger charge is -2.34. The van der Waals surface area contributed by atoms with Gasteiger partial charge in [0.25, 0.3) is 10.0 Å². The molecule has 4 aromatic rings. The molecule has 4 rings (SSSR count). The Morgan fingerprint density at radius 3 is 2.20 bits per heavy atom. The van der Waals surface area contributed by atoms with E-state index in [1.165, 1.54) is 17.0 Å². The summed E-state index contributed by atoms with van der Waals surface area (Å²) in [6.07, 6.45) is 1.90. The van der Waals surface area contributed by atoms with Crippen LogP contribution in [-0.2, 0) is 32.6 Å². The van der Waals surface area contributed by atoms with Gasteiger partial charge in [-0.25, -0.2) is 8.42 Å². The number of rotatable bonds is 14. The molecule has 0 aliphatic heterocycles. The van der Waals surface area contributed by atoms with E-state index in [0.29, 0.717) is 27.7 Å². The van der Waals surface area contributed by atoms with Gasteiger partial charge in [0.1, 0.15) is 12.6 Å². The molecule has 4 aromatic carbocycles. The molecule has 0 radical (unpaired) electrons. The molecule has 46 heavy (non-hydrogen) atoms. The molecule has 0 saturated heterocycles. The van der Waals surface area contributed by atoms with Crippen molar-refractivity contribution < 1.29 is 18.0 Å². The van der Waals surface area contributed by atoms with E-state index in [1.54, 1.807) is 55.5 Å². The highest BCUT2D eigenvalue weighted by Crippen LogP contribution is 2.31. The fourth-order valence-electron chi connectivity index (χ4n) is 5.11. The highest BCUT2D eigenvalue weighted by Gasteiger charge is 2.35. The molecule has 0 spiro atoms. The standard InChI is InChI=1S/C36H39Cl2N3O4S/c1-4-5-21-39-36(43)34(23-28-11-7-6-8-12-28)40(24-29-13-9-14-30(37)22-29)35(42)25-41(33-16-10-15-32(38)27(33)3)46(44,45)31-19-17-26(2)18-20-31/h6-20,22,34H,4-5,21,23-25H2,1-3H3,(H,39,43). The zero-order chi connectivity index (χ0) is 33.3. The normalized spacial score (nSPS) is 11.9. The predicted molar refractivity (Wildman–Crippen MR) is 186 cm³/mol. The molecule has 7 nitrogen and oxygen atoms in total. The average Bonchev–Trinajstić information content (AvgIpc) is 3.03. The van der Waals surface area contributed by atoms with Crippen molar-refractivity contribution in [1.82, 2.24) is 10.2 Å². The van der Waals surface area contributed by atoms with Gasteiger partial charge in [0, 0.05) is 29.6 Å². The van der Waals surface area contributed by atoms with Gasteiger partial charge >= 0.3 is 0 Å². The number of carbonyl (C=O) groups is 2. The molecule has 1 atom stereocenters. The number of hydrogen-bond acceptors (Lipinski definition) is 4. The second kappa shape index (κ2) is 16.1. The Bertz CT molecular complexity index is 1750. The lowest BCUT2D eigenvalue weighted by atomic mass is 10.0. The first kappa shape index (κ1) is 35.0. The maximum atomic E-state index is 14.6. The van der Waals surface area contributed by atoms with E-state index >= 15 is 0 Å². The number of amides is 2. The van der Waals surface area contributed by atoms with Gasteiger partial charge in [-0.1, -0.05) is 103 Å². The van der Waals surface area contributed by atoms with Crippen LogP contribution in [0.5, 0.6) is 0 Å². The van der Waals surface area contributed by atoms with Crippen LogP contribution in [0.3, 0.4) is 0 Å². The largest absolute Gasteiger partial charge is 0.354 e. The summed E-state index contributed by atoms with van der Waals surface area (Å²) in [5.41, 5.74) is 3.23. The third kappa shape index (κ3) is 8.90. The van der Waals surface area contributed by atoms with Crippen molar-refractivity contribution in [2.24, 2.45) is 0 Å². The highest BCUT2D eigenvalue weighted by molar-refractivity contribution is 7.92. The van der Waals surface area contributed by atoms with Crippen molar-refractivity contribution in [3.63, 3.8) is 0 Å². The van der Waals surface area contributed by atoms with Crippen molar-refractivity contribution in [2.45, 2.75) is 57.5 Å². The van der Waals surface area contributed by atoms with E-state index in [4.69, 9.17) is 23.2 Å². The molecule has 2 amide bonds. The molecule has 242 valence electrons. The molecule has 1 N–H and O–H groups in total. The molecule has 1 unspecified atom stereocenters.